The average Bonchev–Trinajstić information content (AvgIpc) is 2.87. The molecule has 2 nitrogen and oxygen atoms in total. The van der Waals surface area contributed by atoms with E-state index in [2.05, 4.69) is 39.1 Å². The summed E-state index contributed by atoms with van der Waals surface area (Å²) in [5.41, 5.74) is 0.755. The molecule has 0 saturated heterocycles. The second-order valence-corrected chi connectivity index (χ2v) is 9.87. The minimum absolute atomic E-state index is 0.118. The lowest BCUT2D eigenvalue weighted by atomic mass is 9.45. The number of amides is 1. The molecule has 4 rings (SSSR count). The van der Waals surface area contributed by atoms with E-state index in [1.54, 1.807) is 0 Å². The maximum Gasteiger partial charge on any atom is 0.243 e. The fourth-order valence-corrected chi connectivity index (χ4v) is 7.62. The van der Waals surface area contributed by atoms with Crippen molar-refractivity contribution in [3.8, 4) is 0 Å². The zero-order chi connectivity index (χ0) is 17.1. The largest absolute Gasteiger partial charge is 0.349 e. The first-order valence-corrected chi connectivity index (χ1v) is 10.4. The van der Waals surface area contributed by atoms with E-state index in [0.717, 1.165) is 29.6 Å². The molecule has 0 bridgehead atoms. The predicted molar refractivity (Wildman–Crippen MR) is 98.4 cm³/mol. The van der Waals surface area contributed by atoms with Crippen LogP contribution >= 0.6 is 0 Å². The standard InChI is InChI=1S/C22H35NO/c1-5-6-15-7-8-16-20-14(2)13-18-22(4,12-10-19(24)23-18)17(20)9-11-21(15,16)3/h10,12,14-18,20H,5-9,11,13H2,1-4H3,(H,23,24)/t14-,15-,16-,17-,18+,20-,21+,22+/m0/s1. The highest BCUT2D eigenvalue weighted by atomic mass is 16.1. The van der Waals surface area contributed by atoms with Gasteiger partial charge in [-0.1, -0.05) is 46.6 Å². The van der Waals surface area contributed by atoms with Crippen LogP contribution in [0, 0.1) is 40.4 Å². The van der Waals surface area contributed by atoms with Gasteiger partial charge in [-0.15, -0.1) is 0 Å². The molecule has 134 valence electrons. The minimum Gasteiger partial charge on any atom is -0.349 e. The lowest BCUT2D eigenvalue weighted by molar-refractivity contribution is -0.125. The molecule has 3 saturated carbocycles. The molecule has 1 heterocycles. The molecular weight excluding hydrogens is 294 g/mol. The number of carbonyl (C=O) groups excluding carboxylic acids is 1. The van der Waals surface area contributed by atoms with Crippen LogP contribution in [0.1, 0.15) is 72.6 Å². The Morgan fingerprint density at radius 1 is 1.21 bits per heavy atom. The Morgan fingerprint density at radius 2 is 2.00 bits per heavy atom. The third-order valence-corrected chi connectivity index (χ3v) is 8.89. The van der Waals surface area contributed by atoms with Crippen molar-refractivity contribution in [1.29, 1.82) is 0 Å². The summed E-state index contributed by atoms with van der Waals surface area (Å²) in [4.78, 5) is 11.9. The molecule has 8 atom stereocenters. The van der Waals surface area contributed by atoms with E-state index >= 15 is 0 Å². The molecule has 3 aliphatic carbocycles. The summed E-state index contributed by atoms with van der Waals surface area (Å²) in [7, 11) is 0. The monoisotopic (exact) mass is 329 g/mol. The molecule has 4 aliphatic rings. The number of rotatable bonds is 2. The molecule has 0 aromatic carbocycles. The summed E-state index contributed by atoms with van der Waals surface area (Å²) in [6.07, 6.45) is 13.7. The van der Waals surface area contributed by atoms with Crippen LogP contribution < -0.4 is 5.32 Å². The van der Waals surface area contributed by atoms with Gasteiger partial charge in [0.25, 0.3) is 0 Å². The molecule has 0 aromatic rings. The summed E-state index contributed by atoms with van der Waals surface area (Å²) in [6, 6.07) is 0.350. The Balaban J connectivity index is 1.67. The first-order valence-electron chi connectivity index (χ1n) is 10.4. The van der Waals surface area contributed by atoms with Crippen molar-refractivity contribution in [2.24, 2.45) is 40.4 Å². The SMILES string of the molecule is CCC[C@H]1CC[C@H]2[C@@H]3[C@@H](C)C[C@H]4NC(=O)C=C[C@]4(C)[C@H]3CC[C@]12C. The highest BCUT2D eigenvalue weighted by Gasteiger charge is 2.61. The van der Waals surface area contributed by atoms with E-state index < -0.39 is 0 Å². The van der Waals surface area contributed by atoms with E-state index in [0.29, 0.717) is 11.5 Å². The third-order valence-electron chi connectivity index (χ3n) is 8.89. The van der Waals surface area contributed by atoms with Gasteiger partial charge in [0.05, 0.1) is 0 Å². The molecule has 1 aliphatic heterocycles. The Bertz CT molecular complexity index is 554. The van der Waals surface area contributed by atoms with Crippen molar-refractivity contribution in [3.05, 3.63) is 12.2 Å². The smallest absolute Gasteiger partial charge is 0.243 e. The molecule has 0 radical (unpaired) electrons. The van der Waals surface area contributed by atoms with Crippen LogP contribution in [-0.4, -0.2) is 11.9 Å². The molecule has 24 heavy (non-hydrogen) atoms. The first-order chi connectivity index (χ1) is 11.4. The lowest BCUT2D eigenvalue weighted by Gasteiger charge is -2.61. The second-order valence-electron chi connectivity index (χ2n) is 9.87. The van der Waals surface area contributed by atoms with Gasteiger partial charge in [0.1, 0.15) is 0 Å². The molecule has 0 spiro atoms. The van der Waals surface area contributed by atoms with Crippen LogP contribution in [0.4, 0.5) is 0 Å². The van der Waals surface area contributed by atoms with E-state index in [-0.39, 0.29) is 11.3 Å². The Kier molecular flexibility index (Phi) is 3.89. The predicted octanol–water partition coefficient (Wildman–Crippen LogP) is 4.95. The van der Waals surface area contributed by atoms with Crippen molar-refractivity contribution in [3.63, 3.8) is 0 Å². The molecule has 0 unspecified atom stereocenters. The number of hydrogen-bond donors (Lipinski definition) is 1. The van der Waals surface area contributed by atoms with Gasteiger partial charge in [-0.05, 0) is 73.2 Å². The van der Waals surface area contributed by atoms with E-state index in [1.165, 1.54) is 44.9 Å². The highest BCUT2D eigenvalue weighted by Crippen LogP contribution is 2.66. The maximum absolute atomic E-state index is 11.9. The van der Waals surface area contributed by atoms with Crippen LogP contribution in [0.3, 0.4) is 0 Å². The summed E-state index contributed by atoms with van der Waals surface area (Å²) in [6.45, 7) is 9.88. The Morgan fingerprint density at radius 3 is 2.75 bits per heavy atom. The summed E-state index contributed by atoms with van der Waals surface area (Å²) in [5, 5.41) is 3.29. The third kappa shape index (κ3) is 2.17. The molecule has 1 amide bonds. The van der Waals surface area contributed by atoms with E-state index in [9.17, 15) is 4.79 Å². The minimum atomic E-state index is 0.118. The van der Waals surface area contributed by atoms with Crippen molar-refractivity contribution in [1.82, 2.24) is 5.32 Å². The van der Waals surface area contributed by atoms with Crippen molar-refractivity contribution in [2.75, 3.05) is 0 Å². The van der Waals surface area contributed by atoms with Gasteiger partial charge in [-0.25, -0.2) is 0 Å². The van der Waals surface area contributed by atoms with Gasteiger partial charge in [-0.2, -0.15) is 0 Å². The van der Waals surface area contributed by atoms with Crippen LogP contribution in [0.25, 0.3) is 0 Å². The summed E-state index contributed by atoms with van der Waals surface area (Å²) < 4.78 is 0. The lowest BCUT2D eigenvalue weighted by Crippen LogP contribution is -2.61. The van der Waals surface area contributed by atoms with Crippen LogP contribution in [0.15, 0.2) is 12.2 Å². The van der Waals surface area contributed by atoms with E-state index in [4.69, 9.17) is 0 Å². The maximum atomic E-state index is 11.9. The van der Waals surface area contributed by atoms with Gasteiger partial charge in [0, 0.05) is 11.5 Å². The quantitative estimate of drug-likeness (QED) is 0.763. The van der Waals surface area contributed by atoms with Gasteiger partial charge in [0.2, 0.25) is 5.91 Å². The number of nitrogens with one attached hydrogen (secondary N) is 1. The van der Waals surface area contributed by atoms with E-state index in [1.807, 2.05) is 6.08 Å². The van der Waals surface area contributed by atoms with Crippen molar-refractivity contribution >= 4 is 5.91 Å². The fraction of sp³-hybridized carbons (Fsp3) is 0.864. The van der Waals surface area contributed by atoms with Crippen LogP contribution in [-0.2, 0) is 4.79 Å². The fourth-order valence-electron chi connectivity index (χ4n) is 7.62. The Hall–Kier alpha value is -0.790. The molecule has 0 aromatic heterocycles. The number of fused-ring (bicyclic) bond motifs is 5. The number of carbonyl (C=O) groups is 1. The van der Waals surface area contributed by atoms with Gasteiger partial charge >= 0.3 is 0 Å². The van der Waals surface area contributed by atoms with Gasteiger partial charge in [0.15, 0.2) is 0 Å². The topological polar surface area (TPSA) is 29.1 Å². The van der Waals surface area contributed by atoms with Crippen molar-refractivity contribution < 1.29 is 4.79 Å². The number of hydrogen-bond acceptors (Lipinski definition) is 1. The van der Waals surface area contributed by atoms with Crippen molar-refractivity contribution in [2.45, 2.75) is 78.7 Å². The zero-order valence-electron chi connectivity index (χ0n) is 16.0. The molecule has 3 fully saturated rings. The highest BCUT2D eigenvalue weighted by molar-refractivity contribution is 5.89. The van der Waals surface area contributed by atoms with Crippen LogP contribution in [0.2, 0.25) is 0 Å². The first kappa shape index (κ1) is 16.7. The molecule has 2 heteroatoms. The molecular formula is C22H35NO. The second kappa shape index (κ2) is 5.61. The molecule has 1 N–H and O–H groups in total. The summed E-state index contributed by atoms with van der Waals surface area (Å²) in [5.74, 6) is 4.32. The zero-order valence-corrected chi connectivity index (χ0v) is 16.0. The Labute approximate surface area is 147 Å². The van der Waals surface area contributed by atoms with Crippen LogP contribution in [0.5, 0.6) is 0 Å². The van der Waals surface area contributed by atoms with Gasteiger partial charge in [-0.3, -0.25) is 4.79 Å². The average molecular weight is 330 g/mol. The normalized spacial score (nSPS) is 53.1. The summed E-state index contributed by atoms with van der Waals surface area (Å²) >= 11 is 0. The van der Waals surface area contributed by atoms with Gasteiger partial charge < -0.3 is 5.32 Å².